The van der Waals surface area contributed by atoms with Crippen molar-refractivity contribution in [2.24, 2.45) is 17.3 Å². The zero-order valence-corrected chi connectivity index (χ0v) is 28.8. The normalized spacial score (nSPS) is 38.8. The van der Waals surface area contributed by atoms with E-state index >= 15 is 0 Å². The minimum atomic E-state index is -1.39. The number of rotatable bonds is 9. The minimum Gasteiger partial charge on any atom is -0.463 e. The third kappa shape index (κ3) is 8.99. The molecule has 1 N–H and O–H groups in total. The molecule has 0 unspecified atom stereocenters. The van der Waals surface area contributed by atoms with Crippen molar-refractivity contribution in [2.75, 3.05) is 55.0 Å². The van der Waals surface area contributed by atoms with Crippen LogP contribution in [0.1, 0.15) is 80.1 Å². The van der Waals surface area contributed by atoms with Gasteiger partial charge in [0.05, 0.1) is 17.8 Å². The fourth-order valence-corrected chi connectivity index (χ4v) is 7.17. The SMILES string of the molecule is CO[C@]1(C)C[C@@H](C)CN(C)[C@@H](CCCN(C)C2CC2)COC(=O)C(C)(C)C(=O)[C@H](C)[C@H]1O[C@@H]1O[C@H](C)C[C@H](N(C)C)[C@H]1O. The number of esters is 1. The van der Waals surface area contributed by atoms with Gasteiger partial charge in [0, 0.05) is 37.7 Å². The van der Waals surface area contributed by atoms with Gasteiger partial charge in [-0.05, 0) is 107 Å². The van der Waals surface area contributed by atoms with Crippen molar-refractivity contribution in [3.05, 3.63) is 0 Å². The van der Waals surface area contributed by atoms with E-state index in [0.717, 1.165) is 25.9 Å². The van der Waals surface area contributed by atoms with E-state index in [2.05, 4.69) is 30.8 Å². The highest BCUT2D eigenvalue weighted by Gasteiger charge is 2.51. The molecule has 2 heterocycles. The average molecular weight is 612 g/mol. The molecule has 1 saturated carbocycles. The molecule has 250 valence electrons. The number of carbonyl (C=O) groups is 2. The molecule has 43 heavy (non-hydrogen) atoms. The fourth-order valence-electron chi connectivity index (χ4n) is 7.17. The van der Waals surface area contributed by atoms with Gasteiger partial charge < -0.3 is 33.9 Å². The zero-order chi connectivity index (χ0) is 32.3. The predicted molar refractivity (Wildman–Crippen MR) is 167 cm³/mol. The molecule has 0 aromatic heterocycles. The number of hydrogen-bond donors (Lipinski definition) is 1. The summed E-state index contributed by atoms with van der Waals surface area (Å²) in [4.78, 5) is 34.3. The molecule has 2 aliphatic heterocycles. The number of Topliss-reactive ketones (excluding diaryl/α,β-unsaturated/α-hetero) is 1. The summed E-state index contributed by atoms with van der Waals surface area (Å²) >= 11 is 0. The number of cyclic esters (lactones) is 1. The number of likely N-dealkylation sites (N-methyl/N-ethyl adjacent to an activating group) is 2. The van der Waals surface area contributed by atoms with E-state index in [4.69, 9.17) is 18.9 Å². The van der Waals surface area contributed by atoms with Gasteiger partial charge in [-0.25, -0.2) is 0 Å². The van der Waals surface area contributed by atoms with Crippen LogP contribution in [0.4, 0.5) is 0 Å². The number of ketones is 1. The van der Waals surface area contributed by atoms with E-state index < -0.39 is 41.4 Å². The Bertz CT molecular complexity index is 928. The Kier molecular flexibility index (Phi) is 12.6. The molecule has 10 nitrogen and oxygen atoms in total. The molecule has 0 aromatic carbocycles. The fraction of sp³-hybridized carbons (Fsp3) is 0.939. The van der Waals surface area contributed by atoms with Crippen molar-refractivity contribution in [1.29, 1.82) is 0 Å². The van der Waals surface area contributed by atoms with Crippen molar-refractivity contribution in [3.8, 4) is 0 Å². The molecule has 0 amide bonds. The van der Waals surface area contributed by atoms with Gasteiger partial charge in [-0.15, -0.1) is 0 Å². The van der Waals surface area contributed by atoms with E-state index in [0.29, 0.717) is 18.9 Å². The average Bonchev–Trinajstić information content (AvgIpc) is 3.78. The molecular weight excluding hydrogens is 550 g/mol. The van der Waals surface area contributed by atoms with Crippen LogP contribution in [0.5, 0.6) is 0 Å². The van der Waals surface area contributed by atoms with Crippen LogP contribution in [0.15, 0.2) is 0 Å². The second-order valence-corrected chi connectivity index (χ2v) is 14.8. The summed E-state index contributed by atoms with van der Waals surface area (Å²) in [6, 6.07) is 0.589. The lowest BCUT2D eigenvalue weighted by Gasteiger charge is -2.47. The Labute approximate surface area is 260 Å². The summed E-state index contributed by atoms with van der Waals surface area (Å²) in [5.41, 5.74) is -2.29. The van der Waals surface area contributed by atoms with Gasteiger partial charge in [0.15, 0.2) is 12.1 Å². The topological polar surface area (TPSA) is 101 Å². The van der Waals surface area contributed by atoms with Gasteiger partial charge in [0.25, 0.3) is 0 Å². The smallest absolute Gasteiger partial charge is 0.319 e. The summed E-state index contributed by atoms with van der Waals surface area (Å²) < 4.78 is 24.9. The lowest BCUT2D eigenvalue weighted by atomic mass is 9.74. The molecule has 0 radical (unpaired) electrons. The highest BCUT2D eigenvalue weighted by atomic mass is 16.7. The van der Waals surface area contributed by atoms with E-state index in [1.807, 2.05) is 32.8 Å². The Hall–Kier alpha value is -1.14. The second kappa shape index (κ2) is 15.0. The number of hydrogen-bond acceptors (Lipinski definition) is 10. The number of aliphatic hydroxyl groups excluding tert-OH is 1. The number of aliphatic hydroxyl groups is 1. The second-order valence-electron chi connectivity index (χ2n) is 14.8. The maximum Gasteiger partial charge on any atom is 0.319 e. The van der Waals surface area contributed by atoms with Crippen LogP contribution >= 0.6 is 0 Å². The quantitative estimate of drug-likeness (QED) is 0.309. The summed E-state index contributed by atoms with van der Waals surface area (Å²) in [6.45, 7) is 13.2. The van der Waals surface area contributed by atoms with Crippen LogP contribution in [0.3, 0.4) is 0 Å². The predicted octanol–water partition coefficient (Wildman–Crippen LogP) is 3.19. The minimum absolute atomic E-state index is 0.0409. The van der Waals surface area contributed by atoms with E-state index in [1.54, 1.807) is 27.9 Å². The van der Waals surface area contributed by atoms with Crippen LogP contribution in [0.2, 0.25) is 0 Å². The van der Waals surface area contributed by atoms with E-state index in [1.165, 1.54) is 12.8 Å². The lowest BCUT2D eigenvalue weighted by Crippen LogP contribution is -2.59. The van der Waals surface area contributed by atoms with Gasteiger partial charge in [0.2, 0.25) is 0 Å². The van der Waals surface area contributed by atoms with Crippen molar-refractivity contribution >= 4 is 11.8 Å². The van der Waals surface area contributed by atoms with Gasteiger partial charge in [0.1, 0.15) is 18.1 Å². The summed E-state index contributed by atoms with van der Waals surface area (Å²) in [7, 11) is 9.78. The first-order valence-electron chi connectivity index (χ1n) is 16.3. The Balaban J connectivity index is 1.90. The Morgan fingerprint density at radius 1 is 1.09 bits per heavy atom. The largest absolute Gasteiger partial charge is 0.463 e. The molecule has 0 bridgehead atoms. The molecule has 2 saturated heterocycles. The standard InChI is InChI=1S/C33H61N3O7/c1-21-18-33(6,40-11)29(43-30-27(37)26(34(7)8)17-22(2)42-30)23(3)28(38)32(4,5)31(39)41-20-25(36(10)19-21)13-12-16-35(9)24-14-15-24/h21-27,29-30,37H,12-20H2,1-11H3/t21-,22-,23+,25+,26+,27-,29-,30+,33-/m1/s1. The maximum absolute atomic E-state index is 14.1. The monoisotopic (exact) mass is 611 g/mol. The molecule has 3 rings (SSSR count). The molecule has 1 aliphatic carbocycles. The number of nitrogens with zero attached hydrogens (tertiary/aromatic N) is 3. The van der Waals surface area contributed by atoms with Crippen LogP contribution in [-0.2, 0) is 28.5 Å². The molecule has 0 spiro atoms. The van der Waals surface area contributed by atoms with Crippen LogP contribution in [-0.4, -0.2) is 135 Å². The van der Waals surface area contributed by atoms with Crippen molar-refractivity contribution in [3.63, 3.8) is 0 Å². The summed E-state index contributed by atoms with van der Waals surface area (Å²) in [5.74, 6) is -1.37. The first-order valence-corrected chi connectivity index (χ1v) is 16.3. The Morgan fingerprint density at radius 3 is 2.33 bits per heavy atom. The number of carbonyl (C=O) groups excluding carboxylic acids is 2. The lowest BCUT2D eigenvalue weighted by molar-refractivity contribution is -0.295. The number of ether oxygens (including phenoxy) is 4. The summed E-state index contributed by atoms with van der Waals surface area (Å²) in [6.07, 6.45) is 2.94. The first-order chi connectivity index (χ1) is 20.0. The highest BCUT2D eigenvalue weighted by Crippen LogP contribution is 2.38. The summed E-state index contributed by atoms with van der Waals surface area (Å²) in [5, 5.41) is 11.3. The van der Waals surface area contributed by atoms with Gasteiger partial charge in [-0.3, -0.25) is 14.5 Å². The highest BCUT2D eigenvalue weighted by molar-refractivity contribution is 6.04. The van der Waals surface area contributed by atoms with Gasteiger partial charge in [-0.2, -0.15) is 0 Å². The Morgan fingerprint density at radius 2 is 1.74 bits per heavy atom. The molecule has 3 aliphatic rings. The van der Waals surface area contributed by atoms with Crippen molar-refractivity contribution < 1.29 is 33.6 Å². The van der Waals surface area contributed by atoms with E-state index in [-0.39, 0.29) is 36.5 Å². The molecule has 10 heteroatoms. The third-order valence-corrected chi connectivity index (χ3v) is 10.2. The molecule has 3 fully saturated rings. The number of methoxy groups -OCH3 is 1. The third-order valence-electron chi connectivity index (χ3n) is 10.2. The van der Waals surface area contributed by atoms with Crippen LogP contribution in [0, 0.1) is 17.3 Å². The van der Waals surface area contributed by atoms with Crippen molar-refractivity contribution in [1.82, 2.24) is 14.7 Å². The van der Waals surface area contributed by atoms with Gasteiger partial charge in [-0.1, -0.05) is 13.8 Å². The van der Waals surface area contributed by atoms with E-state index in [9.17, 15) is 14.7 Å². The molecular formula is C33H61N3O7. The first kappa shape index (κ1) is 36.3. The van der Waals surface area contributed by atoms with Crippen LogP contribution in [0.25, 0.3) is 0 Å². The van der Waals surface area contributed by atoms with Crippen molar-refractivity contribution in [2.45, 2.75) is 128 Å². The van der Waals surface area contributed by atoms with Crippen LogP contribution < -0.4 is 0 Å². The zero-order valence-electron chi connectivity index (χ0n) is 28.8. The van der Waals surface area contributed by atoms with Gasteiger partial charge >= 0.3 is 5.97 Å². The molecule has 9 atom stereocenters. The maximum atomic E-state index is 14.1. The molecule has 0 aromatic rings.